The van der Waals surface area contributed by atoms with Crippen molar-refractivity contribution in [2.24, 2.45) is 5.10 Å². The number of amides is 2. The molecule has 2 aromatic carbocycles. The van der Waals surface area contributed by atoms with Gasteiger partial charge in [-0.05, 0) is 50.2 Å². The zero-order valence-electron chi connectivity index (χ0n) is 19.1. The number of rotatable bonds is 10. The van der Waals surface area contributed by atoms with Gasteiger partial charge in [0.15, 0.2) is 6.61 Å². The van der Waals surface area contributed by atoms with E-state index in [0.717, 1.165) is 0 Å². The molecule has 10 heteroatoms. The van der Waals surface area contributed by atoms with Gasteiger partial charge in [0.2, 0.25) is 0 Å². The van der Waals surface area contributed by atoms with E-state index in [-0.39, 0.29) is 13.2 Å². The van der Waals surface area contributed by atoms with E-state index in [4.69, 9.17) is 25.5 Å². The fraction of sp³-hybridized carbons (Fsp3) is 0.200. The number of furan rings is 1. The molecule has 0 spiro atoms. The minimum absolute atomic E-state index is 0.286. The summed E-state index contributed by atoms with van der Waals surface area (Å²) >= 11 is 5.98. The van der Waals surface area contributed by atoms with Crippen LogP contribution in [0.5, 0.6) is 5.75 Å². The Morgan fingerprint density at radius 3 is 2.69 bits per heavy atom. The van der Waals surface area contributed by atoms with Crippen LogP contribution in [0.4, 0.5) is 0 Å². The van der Waals surface area contributed by atoms with Gasteiger partial charge in [-0.25, -0.2) is 10.2 Å². The molecule has 0 fully saturated rings. The fourth-order valence-electron chi connectivity index (χ4n) is 2.90. The number of carbonyl (C=O) groups is 3. The molecule has 0 bridgehead atoms. The summed E-state index contributed by atoms with van der Waals surface area (Å²) in [6.07, 6.45) is 1.33. The van der Waals surface area contributed by atoms with Crippen molar-refractivity contribution < 1.29 is 28.3 Å². The summed E-state index contributed by atoms with van der Waals surface area (Å²) in [5, 5.41) is 6.76. The summed E-state index contributed by atoms with van der Waals surface area (Å²) in [6.45, 7) is 3.25. The maximum absolute atomic E-state index is 12.2. The number of para-hydroxylation sites is 1. The summed E-state index contributed by atoms with van der Waals surface area (Å²) in [5.41, 5.74) is 3.44. The van der Waals surface area contributed by atoms with Crippen molar-refractivity contribution >= 4 is 35.6 Å². The number of hydrazone groups is 1. The maximum atomic E-state index is 12.2. The Morgan fingerprint density at radius 2 is 1.91 bits per heavy atom. The lowest BCUT2D eigenvalue weighted by atomic mass is 10.1. The van der Waals surface area contributed by atoms with Gasteiger partial charge in [-0.2, -0.15) is 5.10 Å². The minimum Gasteiger partial charge on any atom is -0.482 e. The van der Waals surface area contributed by atoms with Gasteiger partial charge in [-0.1, -0.05) is 35.9 Å². The van der Waals surface area contributed by atoms with Crippen LogP contribution in [-0.2, 0) is 14.3 Å². The smallest absolute Gasteiger partial charge is 0.338 e. The average molecular weight is 498 g/mol. The van der Waals surface area contributed by atoms with Gasteiger partial charge in [-0.15, -0.1) is 0 Å². The number of benzene rings is 2. The lowest BCUT2D eigenvalue weighted by molar-refractivity contribution is -0.129. The third-order valence-electron chi connectivity index (χ3n) is 4.62. The number of hydrogen-bond donors (Lipinski definition) is 2. The standard InChI is InChI=1S/C25H24ClN3O6/c1-3-33-25(32)18-8-6-7-17(13-18)21-12-11-19(35-21)14-27-29-24(31)16(2)28-23(30)15-34-22-10-5-4-9-20(22)26/h4-14,16H,3,15H2,1-2H3,(H,28,30)(H,29,31)/b27-14-/t16-/m0/s1. The van der Waals surface area contributed by atoms with Gasteiger partial charge in [0.25, 0.3) is 11.8 Å². The van der Waals surface area contributed by atoms with Crippen molar-refractivity contribution in [3.63, 3.8) is 0 Å². The third-order valence-corrected chi connectivity index (χ3v) is 4.93. The zero-order valence-corrected chi connectivity index (χ0v) is 19.9. The molecular weight excluding hydrogens is 474 g/mol. The van der Waals surface area contributed by atoms with Crippen molar-refractivity contribution in [2.45, 2.75) is 19.9 Å². The number of nitrogens with zero attached hydrogens (tertiary/aromatic N) is 1. The monoisotopic (exact) mass is 497 g/mol. The molecule has 0 aliphatic heterocycles. The second kappa shape index (κ2) is 12.4. The number of halogens is 1. The number of hydrogen-bond acceptors (Lipinski definition) is 7. The second-order valence-corrected chi connectivity index (χ2v) is 7.65. The first-order valence-electron chi connectivity index (χ1n) is 10.7. The van der Waals surface area contributed by atoms with E-state index >= 15 is 0 Å². The highest BCUT2D eigenvalue weighted by Gasteiger charge is 2.16. The van der Waals surface area contributed by atoms with Crippen LogP contribution < -0.4 is 15.5 Å². The van der Waals surface area contributed by atoms with E-state index in [0.29, 0.717) is 33.4 Å². The van der Waals surface area contributed by atoms with Gasteiger partial charge < -0.3 is 19.2 Å². The predicted molar refractivity (Wildman–Crippen MR) is 130 cm³/mol. The topological polar surface area (TPSA) is 119 Å². The van der Waals surface area contributed by atoms with E-state index in [2.05, 4.69) is 15.8 Å². The molecule has 0 radical (unpaired) electrons. The molecule has 35 heavy (non-hydrogen) atoms. The highest BCUT2D eigenvalue weighted by molar-refractivity contribution is 6.32. The SMILES string of the molecule is CCOC(=O)c1cccc(-c2ccc(/C=N\NC(=O)[C@H](C)NC(=O)COc3ccccc3Cl)o2)c1. The van der Waals surface area contributed by atoms with Crippen molar-refractivity contribution in [3.8, 4) is 17.1 Å². The summed E-state index contributed by atoms with van der Waals surface area (Å²) in [6, 6.07) is 16.1. The Hall–Kier alpha value is -4.11. The average Bonchev–Trinajstić information content (AvgIpc) is 3.32. The second-order valence-electron chi connectivity index (χ2n) is 7.25. The molecule has 1 aromatic heterocycles. The predicted octanol–water partition coefficient (Wildman–Crippen LogP) is 3.81. The Morgan fingerprint density at radius 1 is 1.11 bits per heavy atom. The molecule has 0 aliphatic carbocycles. The van der Waals surface area contributed by atoms with E-state index in [1.807, 2.05) is 0 Å². The van der Waals surface area contributed by atoms with Crippen LogP contribution >= 0.6 is 11.6 Å². The molecule has 9 nitrogen and oxygen atoms in total. The van der Waals surface area contributed by atoms with Crippen LogP contribution in [0.15, 0.2) is 70.2 Å². The molecule has 2 amide bonds. The molecule has 0 saturated heterocycles. The highest BCUT2D eigenvalue weighted by atomic mass is 35.5. The van der Waals surface area contributed by atoms with Crippen LogP contribution in [0.1, 0.15) is 30.0 Å². The van der Waals surface area contributed by atoms with Gasteiger partial charge in [0, 0.05) is 5.56 Å². The lowest BCUT2D eigenvalue weighted by Gasteiger charge is -2.13. The van der Waals surface area contributed by atoms with Crippen molar-refractivity contribution in [3.05, 3.63) is 77.0 Å². The van der Waals surface area contributed by atoms with Crippen molar-refractivity contribution in [1.82, 2.24) is 10.7 Å². The Labute approximate surface area is 207 Å². The number of esters is 1. The highest BCUT2D eigenvalue weighted by Crippen LogP contribution is 2.23. The lowest BCUT2D eigenvalue weighted by Crippen LogP contribution is -2.45. The number of nitrogens with one attached hydrogen (secondary N) is 2. The van der Waals surface area contributed by atoms with E-state index in [9.17, 15) is 14.4 Å². The van der Waals surface area contributed by atoms with Gasteiger partial charge >= 0.3 is 5.97 Å². The normalized spacial score (nSPS) is 11.6. The Kier molecular flexibility index (Phi) is 9.02. The summed E-state index contributed by atoms with van der Waals surface area (Å²) in [4.78, 5) is 36.2. The van der Waals surface area contributed by atoms with Crippen LogP contribution in [0, 0.1) is 0 Å². The molecular formula is C25H24ClN3O6. The van der Waals surface area contributed by atoms with E-state index in [1.54, 1.807) is 67.6 Å². The molecule has 3 aromatic rings. The molecule has 0 unspecified atom stereocenters. The Balaban J connectivity index is 1.49. The van der Waals surface area contributed by atoms with Gasteiger partial charge in [0.05, 0.1) is 23.4 Å². The first-order chi connectivity index (χ1) is 16.9. The van der Waals surface area contributed by atoms with Crippen molar-refractivity contribution in [1.29, 1.82) is 0 Å². The first-order valence-corrected chi connectivity index (χ1v) is 11.1. The van der Waals surface area contributed by atoms with Gasteiger partial charge in [0.1, 0.15) is 23.3 Å². The molecule has 1 atom stereocenters. The van der Waals surface area contributed by atoms with Crippen LogP contribution in [0.2, 0.25) is 5.02 Å². The summed E-state index contributed by atoms with van der Waals surface area (Å²) < 4.78 is 16.1. The summed E-state index contributed by atoms with van der Waals surface area (Å²) in [7, 11) is 0. The fourth-order valence-corrected chi connectivity index (χ4v) is 3.09. The van der Waals surface area contributed by atoms with E-state index in [1.165, 1.54) is 13.1 Å². The molecule has 0 saturated carbocycles. The largest absolute Gasteiger partial charge is 0.482 e. The Bertz CT molecular complexity index is 1220. The number of carbonyl (C=O) groups excluding carboxylic acids is 3. The quantitative estimate of drug-likeness (QED) is 0.250. The molecule has 1 heterocycles. The molecule has 3 rings (SSSR count). The van der Waals surface area contributed by atoms with Crippen LogP contribution in [0.25, 0.3) is 11.3 Å². The zero-order chi connectivity index (χ0) is 25.2. The molecule has 2 N–H and O–H groups in total. The molecule has 182 valence electrons. The van der Waals surface area contributed by atoms with E-state index < -0.39 is 23.8 Å². The molecule has 0 aliphatic rings. The minimum atomic E-state index is -0.854. The third kappa shape index (κ3) is 7.44. The first kappa shape index (κ1) is 25.5. The van der Waals surface area contributed by atoms with Crippen molar-refractivity contribution in [2.75, 3.05) is 13.2 Å². The van der Waals surface area contributed by atoms with Gasteiger partial charge in [-0.3, -0.25) is 9.59 Å². The maximum Gasteiger partial charge on any atom is 0.338 e. The number of ether oxygens (including phenoxy) is 2. The van der Waals surface area contributed by atoms with Crippen LogP contribution in [-0.4, -0.2) is 43.3 Å². The summed E-state index contributed by atoms with van der Waals surface area (Å²) in [5.74, 6) is -0.160. The van der Waals surface area contributed by atoms with Crippen LogP contribution in [0.3, 0.4) is 0 Å².